The van der Waals surface area contributed by atoms with Crippen LogP contribution in [0.4, 0.5) is 11.4 Å². The van der Waals surface area contributed by atoms with E-state index in [9.17, 15) is 9.59 Å². The number of hydrogen-bond acceptors (Lipinski definition) is 5. The lowest BCUT2D eigenvalue weighted by Crippen LogP contribution is -2.17. The molecule has 3 rings (SSSR count). The molecule has 0 atom stereocenters. The summed E-state index contributed by atoms with van der Waals surface area (Å²) in [6.07, 6.45) is 0.100. The molecule has 0 saturated heterocycles. The van der Waals surface area contributed by atoms with Crippen molar-refractivity contribution in [2.75, 3.05) is 16.4 Å². The number of aromatic nitrogens is 3. The lowest BCUT2D eigenvalue weighted by atomic mass is 10.2. The number of aryl methyl sites for hydroxylation is 1. The van der Waals surface area contributed by atoms with E-state index < -0.39 is 0 Å². The highest BCUT2D eigenvalue weighted by Gasteiger charge is 2.14. The standard InChI is InChI=1S/C20H20BrN5O2S/c1-13-3-7-15(8-4-13)22-18(27)11-17-24-25-20(26(17)2)29-12-19(28)23-16-9-5-14(21)6-10-16/h3-10H,11-12H2,1-2H3,(H,22,27)(H,23,28). The SMILES string of the molecule is Cc1ccc(NC(=O)Cc2nnc(SCC(=O)Nc3ccc(Br)cc3)n2C)cc1. The molecule has 3 aromatic rings. The molecule has 150 valence electrons. The average molecular weight is 474 g/mol. The maximum atomic E-state index is 12.3. The average Bonchev–Trinajstić information content (AvgIpc) is 3.03. The molecule has 2 aromatic carbocycles. The largest absolute Gasteiger partial charge is 0.326 e. The molecule has 2 amide bonds. The van der Waals surface area contributed by atoms with Gasteiger partial charge in [0.2, 0.25) is 11.8 Å². The van der Waals surface area contributed by atoms with Gasteiger partial charge in [0.05, 0.1) is 12.2 Å². The van der Waals surface area contributed by atoms with Crippen LogP contribution in [0.2, 0.25) is 0 Å². The van der Waals surface area contributed by atoms with Crippen LogP contribution in [0.15, 0.2) is 58.2 Å². The molecule has 9 heteroatoms. The van der Waals surface area contributed by atoms with Crippen LogP contribution in [0.25, 0.3) is 0 Å². The summed E-state index contributed by atoms with van der Waals surface area (Å²) in [5, 5.41) is 14.4. The minimum atomic E-state index is -0.172. The second kappa shape index (κ2) is 9.71. The summed E-state index contributed by atoms with van der Waals surface area (Å²) in [4.78, 5) is 24.4. The number of amides is 2. The van der Waals surface area contributed by atoms with E-state index in [4.69, 9.17) is 0 Å². The van der Waals surface area contributed by atoms with Gasteiger partial charge in [0, 0.05) is 22.9 Å². The van der Waals surface area contributed by atoms with Crippen molar-refractivity contribution in [3.8, 4) is 0 Å². The van der Waals surface area contributed by atoms with Gasteiger partial charge in [-0.2, -0.15) is 0 Å². The first-order chi connectivity index (χ1) is 13.9. The molecule has 0 saturated carbocycles. The van der Waals surface area contributed by atoms with Crippen LogP contribution in [-0.2, 0) is 23.1 Å². The normalized spacial score (nSPS) is 10.6. The Hall–Kier alpha value is -2.65. The molecule has 1 aromatic heterocycles. The van der Waals surface area contributed by atoms with Crippen molar-refractivity contribution in [2.24, 2.45) is 7.05 Å². The van der Waals surface area contributed by atoms with Crippen LogP contribution in [-0.4, -0.2) is 32.3 Å². The summed E-state index contributed by atoms with van der Waals surface area (Å²) in [6.45, 7) is 1.99. The molecule has 0 fully saturated rings. The highest BCUT2D eigenvalue weighted by Crippen LogP contribution is 2.18. The van der Waals surface area contributed by atoms with Gasteiger partial charge in [-0.25, -0.2) is 0 Å². The first-order valence-corrected chi connectivity index (χ1v) is 10.6. The Bertz CT molecular complexity index is 1000. The summed E-state index contributed by atoms with van der Waals surface area (Å²) in [7, 11) is 1.78. The number of carbonyl (C=O) groups excluding carboxylic acids is 2. The van der Waals surface area contributed by atoms with Gasteiger partial charge in [0.1, 0.15) is 5.82 Å². The topological polar surface area (TPSA) is 88.9 Å². The zero-order chi connectivity index (χ0) is 20.8. The molecule has 0 aliphatic rings. The van der Waals surface area contributed by atoms with Gasteiger partial charge in [0.25, 0.3) is 0 Å². The molecule has 0 aliphatic heterocycles. The van der Waals surface area contributed by atoms with Gasteiger partial charge in [-0.3, -0.25) is 9.59 Å². The summed E-state index contributed by atoms with van der Waals surface area (Å²) >= 11 is 4.63. The van der Waals surface area contributed by atoms with E-state index >= 15 is 0 Å². The van der Waals surface area contributed by atoms with Crippen LogP contribution in [0, 0.1) is 6.92 Å². The second-order valence-electron chi connectivity index (χ2n) is 6.39. The van der Waals surface area contributed by atoms with Crippen molar-refractivity contribution in [3.05, 3.63) is 64.4 Å². The molecule has 7 nitrogen and oxygen atoms in total. The predicted molar refractivity (Wildman–Crippen MR) is 118 cm³/mol. The zero-order valence-electron chi connectivity index (χ0n) is 16.0. The van der Waals surface area contributed by atoms with Crippen LogP contribution in [0.5, 0.6) is 0 Å². The number of hydrogen-bond donors (Lipinski definition) is 2. The van der Waals surface area contributed by atoms with Crippen molar-refractivity contribution >= 4 is 50.9 Å². The van der Waals surface area contributed by atoms with Crippen LogP contribution < -0.4 is 10.6 Å². The van der Waals surface area contributed by atoms with Crippen LogP contribution in [0.3, 0.4) is 0 Å². The van der Waals surface area contributed by atoms with Crippen LogP contribution >= 0.6 is 27.7 Å². The quantitative estimate of drug-likeness (QED) is 0.509. The number of nitrogens with one attached hydrogen (secondary N) is 2. The van der Waals surface area contributed by atoms with Gasteiger partial charge in [0.15, 0.2) is 5.16 Å². The van der Waals surface area contributed by atoms with Crippen molar-refractivity contribution < 1.29 is 9.59 Å². The van der Waals surface area contributed by atoms with E-state index in [0.29, 0.717) is 11.0 Å². The lowest BCUT2D eigenvalue weighted by molar-refractivity contribution is -0.116. The van der Waals surface area contributed by atoms with Crippen molar-refractivity contribution in [1.82, 2.24) is 14.8 Å². The lowest BCUT2D eigenvalue weighted by Gasteiger charge is -2.07. The maximum absolute atomic E-state index is 12.3. The molecule has 1 heterocycles. The summed E-state index contributed by atoms with van der Waals surface area (Å²) in [6, 6.07) is 14.9. The van der Waals surface area contributed by atoms with Gasteiger partial charge < -0.3 is 15.2 Å². The molecular weight excluding hydrogens is 454 g/mol. The number of halogens is 1. The minimum absolute atomic E-state index is 0.100. The Morgan fingerprint density at radius 2 is 1.55 bits per heavy atom. The van der Waals surface area contributed by atoms with Gasteiger partial charge >= 0.3 is 0 Å². The third-order valence-electron chi connectivity index (χ3n) is 4.04. The fourth-order valence-electron chi connectivity index (χ4n) is 2.47. The smallest absolute Gasteiger partial charge is 0.234 e. The number of benzene rings is 2. The van der Waals surface area contributed by atoms with Crippen molar-refractivity contribution in [2.45, 2.75) is 18.5 Å². The highest BCUT2D eigenvalue weighted by atomic mass is 79.9. The fraction of sp³-hybridized carbons (Fsp3) is 0.200. The Morgan fingerprint density at radius 1 is 0.966 bits per heavy atom. The van der Waals surface area contributed by atoms with Crippen molar-refractivity contribution in [3.63, 3.8) is 0 Å². The molecule has 29 heavy (non-hydrogen) atoms. The Morgan fingerprint density at radius 3 is 2.21 bits per heavy atom. The first kappa shape index (κ1) is 21.1. The first-order valence-electron chi connectivity index (χ1n) is 8.84. The van der Waals surface area contributed by atoms with E-state index in [2.05, 4.69) is 36.8 Å². The summed E-state index contributed by atoms with van der Waals surface area (Å²) in [5.74, 6) is 0.413. The van der Waals surface area contributed by atoms with E-state index in [-0.39, 0.29) is 24.0 Å². The summed E-state index contributed by atoms with van der Waals surface area (Å²) in [5.41, 5.74) is 2.59. The third-order valence-corrected chi connectivity index (χ3v) is 5.59. The molecule has 0 radical (unpaired) electrons. The van der Waals surface area contributed by atoms with Crippen molar-refractivity contribution in [1.29, 1.82) is 0 Å². The van der Waals surface area contributed by atoms with E-state index in [1.165, 1.54) is 11.8 Å². The number of rotatable bonds is 7. The Kier molecular flexibility index (Phi) is 7.05. The predicted octanol–water partition coefficient (Wildman–Crippen LogP) is 3.80. The molecule has 0 spiro atoms. The van der Waals surface area contributed by atoms with E-state index in [1.807, 2.05) is 55.5 Å². The third kappa shape index (κ3) is 6.16. The van der Waals surface area contributed by atoms with Gasteiger partial charge in [-0.05, 0) is 43.3 Å². The Balaban J connectivity index is 1.51. The second-order valence-corrected chi connectivity index (χ2v) is 8.25. The molecule has 0 bridgehead atoms. The maximum Gasteiger partial charge on any atom is 0.234 e. The number of anilines is 2. The van der Waals surface area contributed by atoms with Gasteiger partial charge in [-0.15, -0.1) is 10.2 Å². The minimum Gasteiger partial charge on any atom is -0.326 e. The zero-order valence-corrected chi connectivity index (χ0v) is 18.4. The Labute approximate surface area is 181 Å². The number of nitrogens with zero attached hydrogens (tertiary/aromatic N) is 3. The van der Waals surface area contributed by atoms with E-state index in [1.54, 1.807) is 11.6 Å². The molecular formula is C20H20BrN5O2S. The van der Waals surface area contributed by atoms with E-state index in [0.717, 1.165) is 21.4 Å². The summed E-state index contributed by atoms with van der Waals surface area (Å²) < 4.78 is 2.68. The molecule has 0 aliphatic carbocycles. The van der Waals surface area contributed by atoms with Gasteiger partial charge in [-0.1, -0.05) is 45.4 Å². The molecule has 2 N–H and O–H groups in total. The number of thioether (sulfide) groups is 1. The molecule has 0 unspecified atom stereocenters. The highest BCUT2D eigenvalue weighted by molar-refractivity contribution is 9.10. The fourth-order valence-corrected chi connectivity index (χ4v) is 3.47. The van der Waals surface area contributed by atoms with Crippen LogP contribution in [0.1, 0.15) is 11.4 Å². The monoisotopic (exact) mass is 473 g/mol. The number of carbonyl (C=O) groups is 2.